The number of hydrogen-bond donors (Lipinski definition) is 1. The van der Waals surface area contributed by atoms with Gasteiger partial charge in [0.25, 0.3) is 5.91 Å². The summed E-state index contributed by atoms with van der Waals surface area (Å²) in [5.74, 6) is -0.696. The van der Waals surface area contributed by atoms with Crippen LogP contribution in [0, 0.1) is 5.82 Å². The molecule has 0 aliphatic carbocycles. The first kappa shape index (κ1) is 13.7. The topological polar surface area (TPSA) is 29.1 Å². The molecule has 0 heterocycles. The first-order valence-corrected chi connectivity index (χ1v) is 6.72. The number of halogens is 2. The summed E-state index contributed by atoms with van der Waals surface area (Å²) in [6, 6.07) is 14.0. The van der Waals surface area contributed by atoms with Crippen LogP contribution in [0.15, 0.2) is 53.0 Å². The van der Waals surface area contributed by atoms with Gasteiger partial charge in [0.05, 0.1) is 0 Å². The molecule has 1 amide bonds. The fraction of sp³-hybridized carbons (Fsp3) is 0.133. The monoisotopic (exact) mass is 321 g/mol. The van der Waals surface area contributed by atoms with Gasteiger partial charge in [0.15, 0.2) is 0 Å². The van der Waals surface area contributed by atoms with Gasteiger partial charge in [-0.25, -0.2) is 4.39 Å². The molecule has 0 atom stereocenters. The molecule has 4 heteroatoms. The zero-order valence-corrected chi connectivity index (χ0v) is 11.8. The molecule has 0 aromatic heterocycles. The maximum atomic E-state index is 13.2. The minimum atomic E-state index is -0.428. The van der Waals surface area contributed by atoms with Crippen molar-refractivity contribution in [3.8, 4) is 0 Å². The van der Waals surface area contributed by atoms with E-state index in [4.69, 9.17) is 0 Å². The Morgan fingerprint density at radius 1 is 1.16 bits per heavy atom. The molecule has 2 aromatic rings. The molecule has 0 aliphatic rings. The van der Waals surface area contributed by atoms with Crippen molar-refractivity contribution < 1.29 is 9.18 Å². The van der Waals surface area contributed by atoms with E-state index in [9.17, 15) is 9.18 Å². The van der Waals surface area contributed by atoms with Crippen LogP contribution >= 0.6 is 15.9 Å². The maximum Gasteiger partial charge on any atom is 0.251 e. The highest BCUT2D eigenvalue weighted by Gasteiger charge is 2.07. The normalized spacial score (nSPS) is 10.2. The number of benzene rings is 2. The Kier molecular flexibility index (Phi) is 4.68. The summed E-state index contributed by atoms with van der Waals surface area (Å²) in [5, 5.41) is 2.78. The van der Waals surface area contributed by atoms with Gasteiger partial charge in [-0.05, 0) is 30.2 Å². The average molecular weight is 322 g/mol. The summed E-state index contributed by atoms with van der Waals surface area (Å²) >= 11 is 3.17. The van der Waals surface area contributed by atoms with E-state index in [0.29, 0.717) is 16.6 Å². The largest absolute Gasteiger partial charge is 0.352 e. The third-order valence-corrected chi connectivity index (χ3v) is 3.12. The molecule has 0 bridgehead atoms. The molecule has 0 saturated carbocycles. The van der Waals surface area contributed by atoms with Gasteiger partial charge < -0.3 is 5.32 Å². The van der Waals surface area contributed by atoms with Crippen LogP contribution in [0.1, 0.15) is 15.9 Å². The molecular formula is C15H13BrFNO. The van der Waals surface area contributed by atoms with Gasteiger partial charge in [-0.2, -0.15) is 0 Å². The highest BCUT2D eigenvalue weighted by Crippen LogP contribution is 2.14. The first-order valence-electron chi connectivity index (χ1n) is 5.93. The van der Waals surface area contributed by atoms with Crippen LogP contribution in [-0.2, 0) is 6.42 Å². The summed E-state index contributed by atoms with van der Waals surface area (Å²) in [4.78, 5) is 11.8. The van der Waals surface area contributed by atoms with Crippen molar-refractivity contribution in [1.29, 1.82) is 0 Å². The van der Waals surface area contributed by atoms with Gasteiger partial charge in [0.1, 0.15) is 5.82 Å². The third-order valence-electron chi connectivity index (χ3n) is 2.67. The SMILES string of the molecule is O=C(NCCc1ccccc1)c1cc(F)cc(Br)c1. The highest BCUT2D eigenvalue weighted by molar-refractivity contribution is 9.10. The lowest BCUT2D eigenvalue weighted by Crippen LogP contribution is -2.25. The van der Waals surface area contributed by atoms with Crippen molar-refractivity contribution in [1.82, 2.24) is 5.32 Å². The zero-order chi connectivity index (χ0) is 13.7. The van der Waals surface area contributed by atoms with Crippen LogP contribution in [-0.4, -0.2) is 12.5 Å². The summed E-state index contributed by atoms with van der Waals surface area (Å²) in [7, 11) is 0. The molecule has 2 rings (SSSR count). The van der Waals surface area contributed by atoms with Crippen molar-refractivity contribution in [2.24, 2.45) is 0 Å². The molecule has 2 aromatic carbocycles. The van der Waals surface area contributed by atoms with Crippen LogP contribution in [0.5, 0.6) is 0 Å². The van der Waals surface area contributed by atoms with Crippen molar-refractivity contribution in [2.75, 3.05) is 6.54 Å². The Labute approximate surface area is 119 Å². The Morgan fingerprint density at radius 3 is 2.58 bits per heavy atom. The van der Waals surface area contributed by atoms with E-state index in [-0.39, 0.29) is 5.91 Å². The second-order valence-electron chi connectivity index (χ2n) is 4.15. The van der Waals surface area contributed by atoms with Gasteiger partial charge in [-0.15, -0.1) is 0 Å². The second kappa shape index (κ2) is 6.48. The standard InChI is InChI=1S/C15H13BrFNO/c16-13-8-12(9-14(17)10-13)15(19)18-7-6-11-4-2-1-3-5-11/h1-5,8-10H,6-7H2,(H,18,19). The van der Waals surface area contributed by atoms with Crippen LogP contribution in [0.3, 0.4) is 0 Å². The summed E-state index contributed by atoms with van der Waals surface area (Å²) in [5.41, 5.74) is 1.48. The number of hydrogen-bond acceptors (Lipinski definition) is 1. The molecule has 2 nitrogen and oxygen atoms in total. The molecule has 0 saturated heterocycles. The maximum absolute atomic E-state index is 13.2. The fourth-order valence-corrected chi connectivity index (χ4v) is 2.22. The molecule has 98 valence electrons. The number of carbonyl (C=O) groups is 1. The van der Waals surface area contributed by atoms with Gasteiger partial charge in [-0.1, -0.05) is 46.3 Å². The molecule has 0 fully saturated rings. The molecule has 0 radical (unpaired) electrons. The minimum Gasteiger partial charge on any atom is -0.352 e. The lowest BCUT2D eigenvalue weighted by Gasteiger charge is -2.06. The van der Waals surface area contributed by atoms with E-state index in [1.54, 1.807) is 6.07 Å². The third kappa shape index (κ3) is 4.17. The van der Waals surface area contributed by atoms with Gasteiger partial charge in [-0.3, -0.25) is 4.79 Å². The highest BCUT2D eigenvalue weighted by atomic mass is 79.9. The molecule has 0 aliphatic heterocycles. The Hall–Kier alpha value is -1.68. The van der Waals surface area contributed by atoms with Gasteiger partial charge >= 0.3 is 0 Å². The first-order chi connectivity index (χ1) is 9.15. The predicted molar refractivity (Wildman–Crippen MR) is 76.6 cm³/mol. The minimum absolute atomic E-state index is 0.267. The summed E-state index contributed by atoms with van der Waals surface area (Å²) in [6.07, 6.45) is 0.753. The van der Waals surface area contributed by atoms with E-state index < -0.39 is 5.82 Å². The van der Waals surface area contributed by atoms with Gasteiger partial charge in [0.2, 0.25) is 0 Å². The Bertz CT molecular complexity index is 551. The molecule has 19 heavy (non-hydrogen) atoms. The average Bonchev–Trinajstić information content (AvgIpc) is 2.38. The van der Waals surface area contributed by atoms with Gasteiger partial charge in [0, 0.05) is 16.6 Å². The quantitative estimate of drug-likeness (QED) is 0.916. The number of amides is 1. The molecule has 0 spiro atoms. The number of rotatable bonds is 4. The van der Waals surface area contributed by atoms with Crippen LogP contribution in [0.25, 0.3) is 0 Å². The van der Waals surface area contributed by atoms with E-state index in [1.807, 2.05) is 30.3 Å². The van der Waals surface area contributed by atoms with Crippen molar-refractivity contribution in [3.63, 3.8) is 0 Å². The van der Waals surface area contributed by atoms with Crippen LogP contribution in [0.2, 0.25) is 0 Å². The van der Waals surface area contributed by atoms with Crippen LogP contribution in [0.4, 0.5) is 4.39 Å². The number of carbonyl (C=O) groups excluding carboxylic acids is 1. The van der Waals surface area contributed by atoms with Crippen molar-refractivity contribution in [3.05, 3.63) is 69.9 Å². The Morgan fingerprint density at radius 2 is 1.89 bits per heavy atom. The Balaban J connectivity index is 1.91. The van der Waals surface area contributed by atoms with E-state index in [1.165, 1.54) is 12.1 Å². The second-order valence-corrected chi connectivity index (χ2v) is 5.07. The van der Waals surface area contributed by atoms with E-state index in [2.05, 4.69) is 21.2 Å². The van der Waals surface area contributed by atoms with Crippen LogP contribution < -0.4 is 5.32 Å². The fourth-order valence-electron chi connectivity index (χ4n) is 1.75. The molecule has 1 N–H and O–H groups in total. The van der Waals surface area contributed by atoms with Crippen molar-refractivity contribution in [2.45, 2.75) is 6.42 Å². The van der Waals surface area contributed by atoms with E-state index >= 15 is 0 Å². The lowest BCUT2D eigenvalue weighted by atomic mass is 10.1. The van der Waals surface area contributed by atoms with Crippen molar-refractivity contribution >= 4 is 21.8 Å². The predicted octanol–water partition coefficient (Wildman–Crippen LogP) is 3.56. The number of nitrogens with one attached hydrogen (secondary N) is 1. The molecular weight excluding hydrogens is 309 g/mol. The smallest absolute Gasteiger partial charge is 0.251 e. The summed E-state index contributed by atoms with van der Waals surface area (Å²) in [6.45, 7) is 0.525. The lowest BCUT2D eigenvalue weighted by molar-refractivity contribution is 0.0953. The molecule has 0 unspecified atom stereocenters. The zero-order valence-electron chi connectivity index (χ0n) is 10.2. The summed E-state index contributed by atoms with van der Waals surface area (Å²) < 4.78 is 13.7. The van der Waals surface area contributed by atoms with E-state index in [0.717, 1.165) is 12.0 Å².